The van der Waals surface area contributed by atoms with Crippen molar-refractivity contribution in [2.75, 3.05) is 19.0 Å². The number of nitrogens with zero attached hydrogens (tertiary/aromatic N) is 1. The van der Waals surface area contributed by atoms with Crippen LogP contribution >= 0.6 is 11.6 Å². The number of methoxy groups -OCH3 is 1. The van der Waals surface area contributed by atoms with Crippen molar-refractivity contribution in [1.29, 1.82) is 0 Å². The summed E-state index contributed by atoms with van der Waals surface area (Å²) < 4.78 is 10.7. The minimum Gasteiger partial charge on any atom is -0.495 e. The normalized spacial score (nSPS) is 13.2. The second-order valence-electron chi connectivity index (χ2n) is 7.46. The summed E-state index contributed by atoms with van der Waals surface area (Å²) in [4.78, 5) is 30.3. The fourth-order valence-corrected chi connectivity index (χ4v) is 4.12. The van der Waals surface area contributed by atoms with E-state index in [0.29, 0.717) is 22.0 Å². The van der Waals surface area contributed by atoms with Crippen molar-refractivity contribution in [2.24, 2.45) is 0 Å². The Bertz CT molecular complexity index is 1150. The number of esters is 1. The quantitative estimate of drug-likeness (QED) is 0.450. The highest BCUT2D eigenvalue weighted by Crippen LogP contribution is 2.30. The number of ether oxygens (including phenoxy) is 2. The second kappa shape index (κ2) is 9.35. The lowest BCUT2D eigenvalue weighted by Crippen LogP contribution is -2.22. The van der Waals surface area contributed by atoms with Gasteiger partial charge in [0.25, 0.3) is 5.91 Å². The molecule has 0 saturated carbocycles. The number of pyridine rings is 1. The lowest BCUT2D eigenvalue weighted by molar-refractivity contribution is -0.119. The van der Waals surface area contributed by atoms with E-state index in [2.05, 4.69) is 5.32 Å². The van der Waals surface area contributed by atoms with Gasteiger partial charge in [-0.3, -0.25) is 9.78 Å². The molecule has 1 heterocycles. The van der Waals surface area contributed by atoms with Crippen LogP contribution in [-0.4, -0.2) is 30.6 Å². The number of aryl methyl sites for hydroxylation is 1. The maximum absolute atomic E-state index is 13.1. The molecule has 1 aliphatic rings. The molecule has 4 rings (SSSR count). The molecule has 31 heavy (non-hydrogen) atoms. The zero-order valence-electron chi connectivity index (χ0n) is 17.2. The van der Waals surface area contributed by atoms with E-state index in [-0.39, 0.29) is 0 Å². The van der Waals surface area contributed by atoms with Gasteiger partial charge in [-0.05, 0) is 55.5 Å². The van der Waals surface area contributed by atoms with Crippen molar-refractivity contribution in [2.45, 2.75) is 32.1 Å². The topological polar surface area (TPSA) is 77.5 Å². The van der Waals surface area contributed by atoms with Crippen LogP contribution < -0.4 is 10.1 Å². The molecular weight excluding hydrogens is 416 g/mol. The van der Waals surface area contributed by atoms with Gasteiger partial charge in [0.1, 0.15) is 5.75 Å². The Kier molecular flexibility index (Phi) is 6.37. The number of carbonyl (C=O) groups is 2. The fourth-order valence-electron chi connectivity index (χ4n) is 3.95. The van der Waals surface area contributed by atoms with Crippen LogP contribution in [0.15, 0.2) is 42.5 Å². The lowest BCUT2D eigenvalue weighted by atomic mass is 9.97. The van der Waals surface area contributed by atoms with Crippen LogP contribution in [0, 0.1) is 0 Å². The van der Waals surface area contributed by atoms with Gasteiger partial charge in [0.05, 0.1) is 23.9 Å². The van der Waals surface area contributed by atoms with Gasteiger partial charge in [-0.2, -0.15) is 0 Å². The average Bonchev–Trinajstić information content (AvgIpc) is 3.01. The second-order valence-corrected chi connectivity index (χ2v) is 7.90. The number of hydrogen-bond donors (Lipinski definition) is 1. The van der Waals surface area contributed by atoms with Crippen molar-refractivity contribution >= 4 is 40.1 Å². The number of hydrogen-bond acceptors (Lipinski definition) is 5. The molecule has 1 amide bonds. The SMILES string of the molecule is COc1ccc(Cl)cc1NC(=O)COC(=O)c1c2c(nc3ccccc13)CCCCC2. The number of carbonyl (C=O) groups excluding carboxylic acids is 2. The minimum atomic E-state index is -0.509. The molecule has 0 aliphatic heterocycles. The summed E-state index contributed by atoms with van der Waals surface area (Å²) >= 11 is 6.00. The van der Waals surface area contributed by atoms with E-state index in [1.807, 2.05) is 24.3 Å². The van der Waals surface area contributed by atoms with Gasteiger partial charge in [0.2, 0.25) is 0 Å². The molecule has 0 fully saturated rings. The summed E-state index contributed by atoms with van der Waals surface area (Å²) in [6.45, 7) is -0.417. The number of fused-ring (bicyclic) bond motifs is 2. The average molecular weight is 439 g/mol. The first kappa shape index (κ1) is 21.1. The molecule has 0 bridgehead atoms. The Balaban J connectivity index is 1.56. The maximum atomic E-state index is 13.1. The van der Waals surface area contributed by atoms with Gasteiger partial charge < -0.3 is 14.8 Å². The van der Waals surface area contributed by atoms with Gasteiger partial charge in [-0.25, -0.2) is 4.79 Å². The monoisotopic (exact) mass is 438 g/mol. The van der Waals surface area contributed by atoms with Crippen LogP contribution in [0.2, 0.25) is 5.02 Å². The van der Waals surface area contributed by atoms with Gasteiger partial charge in [-0.15, -0.1) is 0 Å². The largest absolute Gasteiger partial charge is 0.495 e. The van der Waals surface area contributed by atoms with E-state index < -0.39 is 18.5 Å². The lowest BCUT2D eigenvalue weighted by Gasteiger charge is -2.15. The third-order valence-corrected chi connectivity index (χ3v) is 5.63. The Morgan fingerprint density at radius 3 is 2.74 bits per heavy atom. The molecule has 6 nitrogen and oxygen atoms in total. The number of halogens is 1. The van der Waals surface area contributed by atoms with E-state index >= 15 is 0 Å². The highest BCUT2D eigenvalue weighted by atomic mass is 35.5. The summed E-state index contributed by atoms with van der Waals surface area (Å²) in [7, 11) is 1.50. The summed E-state index contributed by atoms with van der Waals surface area (Å²) in [6, 6.07) is 12.5. The van der Waals surface area contributed by atoms with Gasteiger partial charge in [0, 0.05) is 16.1 Å². The van der Waals surface area contributed by atoms with Crippen LogP contribution in [0.1, 0.15) is 40.9 Å². The summed E-state index contributed by atoms with van der Waals surface area (Å²) in [5, 5.41) is 3.89. The Hall–Kier alpha value is -3.12. The van der Waals surface area contributed by atoms with Crippen molar-refractivity contribution in [3.8, 4) is 5.75 Å². The third kappa shape index (κ3) is 4.64. The number of rotatable bonds is 5. The van der Waals surface area contributed by atoms with E-state index in [0.717, 1.165) is 54.3 Å². The number of para-hydroxylation sites is 1. The van der Waals surface area contributed by atoms with Crippen LogP contribution in [0.5, 0.6) is 5.75 Å². The molecule has 1 aliphatic carbocycles. The van der Waals surface area contributed by atoms with Crippen LogP contribution in [0.4, 0.5) is 5.69 Å². The predicted molar refractivity (Wildman–Crippen MR) is 120 cm³/mol. The number of aromatic nitrogens is 1. The Morgan fingerprint density at radius 1 is 1.10 bits per heavy atom. The smallest absolute Gasteiger partial charge is 0.339 e. The molecule has 1 N–H and O–H groups in total. The van der Waals surface area contributed by atoms with E-state index in [4.69, 9.17) is 26.1 Å². The summed E-state index contributed by atoms with van der Waals surface area (Å²) in [6.07, 6.45) is 4.78. The first-order valence-electron chi connectivity index (χ1n) is 10.3. The van der Waals surface area contributed by atoms with Gasteiger partial charge >= 0.3 is 5.97 Å². The number of anilines is 1. The molecule has 0 radical (unpaired) electrons. The Morgan fingerprint density at radius 2 is 1.90 bits per heavy atom. The first-order valence-corrected chi connectivity index (χ1v) is 10.7. The fraction of sp³-hybridized carbons (Fsp3) is 0.292. The highest BCUT2D eigenvalue weighted by molar-refractivity contribution is 6.31. The van der Waals surface area contributed by atoms with Crippen LogP contribution in [0.25, 0.3) is 10.9 Å². The van der Waals surface area contributed by atoms with E-state index in [1.54, 1.807) is 18.2 Å². The zero-order chi connectivity index (χ0) is 21.8. The van der Waals surface area contributed by atoms with E-state index in [9.17, 15) is 9.59 Å². The number of nitrogens with one attached hydrogen (secondary N) is 1. The van der Waals surface area contributed by atoms with Crippen molar-refractivity contribution in [3.05, 3.63) is 64.3 Å². The molecule has 2 aromatic carbocycles. The van der Waals surface area contributed by atoms with E-state index in [1.165, 1.54) is 7.11 Å². The summed E-state index contributed by atoms with van der Waals surface area (Å²) in [5.74, 6) is -0.516. The number of benzene rings is 2. The molecule has 3 aromatic rings. The predicted octanol–water partition coefficient (Wildman–Crippen LogP) is 4.96. The zero-order valence-corrected chi connectivity index (χ0v) is 18.0. The van der Waals surface area contributed by atoms with Crippen LogP contribution in [0.3, 0.4) is 0 Å². The third-order valence-electron chi connectivity index (χ3n) is 5.39. The highest BCUT2D eigenvalue weighted by Gasteiger charge is 2.23. The van der Waals surface area contributed by atoms with Crippen LogP contribution in [-0.2, 0) is 22.4 Å². The standard InChI is InChI=1S/C24H23ClN2O4/c1-30-21-12-11-15(25)13-20(21)27-22(28)14-31-24(29)23-16-7-3-2-4-9-18(16)26-19-10-6-5-8-17(19)23/h5-6,8,10-13H,2-4,7,9,14H2,1H3,(H,27,28). The van der Waals surface area contributed by atoms with Crippen molar-refractivity contribution in [1.82, 2.24) is 4.98 Å². The minimum absolute atomic E-state index is 0.416. The molecule has 0 saturated heterocycles. The molecule has 0 atom stereocenters. The number of amides is 1. The maximum Gasteiger partial charge on any atom is 0.339 e. The summed E-state index contributed by atoms with van der Waals surface area (Å²) in [5.41, 5.74) is 3.60. The first-order chi connectivity index (χ1) is 15.1. The molecular formula is C24H23ClN2O4. The van der Waals surface area contributed by atoms with Gasteiger partial charge in [0.15, 0.2) is 6.61 Å². The molecule has 0 unspecified atom stereocenters. The molecule has 0 spiro atoms. The molecule has 7 heteroatoms. The van der Waals surface area contributed by atoms with Gasteiger partial charge in [-0.1, -0.05) is 36.2 Å². The molecule has 1 aromatic heterocycles. The molecule has 160 valence electrons. The van der Waals surface area contributed by atoms with Crippen molar-refractivity contribution < 1.29 is 19.1 Å². The van der Waals surface area contributed by atoms with Crippen molar-refractivity contribution in [3.63, 3.8) is 0 Å². The Labute approximate surface area is 185 Å².